The van der Waals surface area contributed by atoms with Crippen LogP contribution in [0.3, 0.4) is 0 Å². The van der Waals surface area contributed by atoms with Crippen LogP contribution >= 0.6 is 0 Å². The first kappa shape index (κ1) is 18.1. The first-order valence-electron chi connectivity index (χ1n) is 10.4. The Labute approximate surface area is 170 Å². The number of phenols is 1. The van der Waals surface area contributed by atoms with Crippen molar-refractivity contribution < 1.29 is 5.11 Å². The molecule has 5 rings (SSSR count). The van der Waals surface area contributed by atoms with E-state index in [1.54, 1.807) is 10.7 Å². The molecule has 2 heterocycles. The van der Waals surface area contributed by atoms with E-state index in [2.05, 4.69) is 32.5 Å². The van der Waals surface area contributed by atoms with Crippen molar-refractivity contribution in [3.8, 4) is 22.7 Å². The largest absolute Gasteiger partial charge is 0.507 e. The molecule has 7 heteroatoms. The van der Waals surface area contributed by atoms with Gasteiger partial charge in [-0.2, -0.15) is 0 Å². The molecule has 0 unspecified atom stereocenters. The number of aromatic hydroxyl groups is 1. The molecule has 0 aliphatic heterocycles. The second-order valence-corrected chi connectivity index (χ2v) is 8.56. The average molecular weight is 390 g/mol. The minimum atomic E-state index is 0.148. The topological polar surface area (TPSA) is 80.0 Å². The second-order valence-electron chi connectivity index (χ2n) is 8.56. The predicted octanol–water partition coefficient (Wildman–Crippen LogP) is 3.75. The Morgan fingerprint density at radius 1 is 1.00 bits per heavy atom. The number of hydrogen-bond acceptors (Lipinski definition) is 6. The minimum Gasteiger partial charge on any atom is -0.507 e. The third kappa shape index (κ3) is 3.45. The van der Waals surface area contributed by atoms with Gasteiger partial charge in [0, 0.05) is 24.7 Å². The molecule has 2 saturated carbocycles. The lowest BCUT2D eigenvalue weighted by Crippen LogP contribution is -2.37. The van der Waals surface area contributed by atoms with E-state index >= 15 is 0 Å². The Bertz CT molecular complexity index is 1000. The highest BCUT2D eigenvalue weighted by Gasteiger charge is 2.36. The molecule has 150 valence electrons. The monoisotopic (exact) mass is 390 g/mol. The Morgan fingerprint density at radius 2 is 1.79 bits per heavy atom. The molecule has 2 fully saturated rings. The smallest absolute Gasteiger partial charge is 0.151 e. The molecule has 3 aromatic rings. The van der Waals surface area contributed by atoms with Crippen LogP contribution < -0.4 is 4.90 Å². The number of fused-ring (bicyclic) bond motifs is 2. The summed E-state index contributed by atoms with van der Waals surface area (Å²) in [5.41, 5.74) is 2.89. The van der Waals surface area contributed by atoms with Crippen LogP contribution in [-0.4, -0.2) is 43.4 Å². The van der Waals surface area contributed by atoms with Crippen LogP contribution in [0.15, 0.2) is 36.5 Å². The van der Waals surface area contributed by atoms with Gasteiger partial charge >= 0.3 is 0 Å². The zero-order chi connectivity index (χ0) is 20.0. The molecule has 0 spiro atoms. The van der Waals surface area contributed by atoms with Gasteiger partial charge in [-0.25, -0.2) is 4.68 Å². The van der Waals surface area contributed by atoms with Crippen LogP contribution in [0.5, 0.6) is 5.75 Å². The van der Waals surface area contributed by atoms with Gasteiger partial charge < -0.3 is 10.0 Å². The third-order valence-electron chi connectivity index (χ3n) is 6.55. The predicted molar refractivity (Wildman–Crippen MR) is 111 cm³/mol. The molecule has 0 saturated heterocycles. The van der Waals surface area contributed by atoms with Gasteiger partial charge in [0.1, 0.15) is 5.75 Å². The van der Waals surface area contributed by atoms with E-state index in [0.29, 0.717) is 17.3 Å². The van der Waals surface area contributed by atoms with Crippen molar-refractivity contribution in [2.45, 2.75) is 45.1 Å². The summed E-state index contributed by atoms with van der Waals surface area (Å²) in [6.07, 6.45) is 8.54. The van der Waals surface area contributed by atoms with Crippen LogP contribution in [-0.2, 0) is 0 Å². The van der Waals surface area contributed by atoms with Crippen molar-refractivity contribution in [2.75, 3.05) is 11.9 Å². The zero-order valence-electron chi connectivity index (χ0n) is 16.9. The molecule has 2 aliphatic rings. The molecule has 3 atom stereocenters. The lowest BCUT2D eigenvalue weighted by atomic mass is 9.85. The van der Waals surface area contributed by atoms with Crippen molar-refractivity contribution >= 4 is 5.82 Å². The number of rotatable bonds is 4. The third-order valence-corrected chi connectivity index (χ3v) is 6.55. The van der Waals surface area contributed by atoms with Gasteiger partial charge in [0.15, 0.2) is 5.82 Å². The zero-order valence-corrected chi connectivity index (χ0v) is 16.9. The first-order chi connectivity index (χ1) is 14.1. The second kappa shape index (κ2) is 7.13. The molecular formula is C22H26N6O. The van der Waals surface area contributed by atoms with E-state index in [0.717, 1.165) is 29.0 Å². The average Bonchev–Trinajstić information content (AvgIpc) is 3.32. The van der Waals surface area contributed by atoms with Gasteiger partial charge in [-0.3, -0.25) is 0 Å². The quantitative estimate of drug-likeness (QED) is 0.731. The summed E-state index contributed by atoms with van der Waals surface area (Å²) in [7, 11) is 2.13. The number of nitrogens with zero attached hydrogens (tertiary/aromatic N) is 6. The molecule has 1 N–H and O–H groups in total. The summed E-state index contributed by atoms with van der Waals surface area (Å²) in [6, 6.07) is 9.90. The summed E-state index contributed by atoms with van der Waals surface area (Å²) in [5, 5.41) is 27.4. The fraction of sp³-hybridized carbons (Fsp3) is 0.455. The molecular weight excluding hydrogens is 364 g/mol. The van der Waals surface area contributed by atoms with Gasteiger partial charge in [-0.05, 0) is 62.3 Å². The fourth-order valence-corrected chi connectivity index (χ4v) is 4.99. The lowest BCUT2D eigenvalue weighted by Gasteiger charge is -2.35. The highest BCUT2D eigenvalue weighted by Crippen LogP contribution is 2.43. The summed E-state index contributed by atoms with van der Waals surface area (Å²) >= 11 is 0. The Morgan fingerprint density at radius 3 is 2.41 bits per heavy atom. The van der Waals surface area contributed by atoms with Crippen molar-refractivity contribution in [1.82, 2.24) is 25.2 Å². The molecule has 2 aliphatic carbocycles. The first-order valence-corrected chi connectivity index (χ1v) is 10.4. The van der Waals surface area contributed by atoms with E-state index in [4.69, 9.17) is 0 Å². The van der Waals surface area contributed by atoms with Crippen LogP contribution in [0.2, 0.25) is 0 Å². The summed E-state index contributed by atoms with van der Waals surface area (Å²) in [6.45, 7) is 1.88. The van der Waals surface area contributed by atoms with E-state index < -0.39 is 0 Å². The van der Waals surface area contributed by atoms with E-state index in [1.165, 1.54) is 32.1 Å². The molecule has 2 bridgehead atoms. The highest BCUT2D eigenvalue weighted by molar-refractivity contribution is 5.69. The molecule has 0 amide bonds. The van der Waals surface area contributed by atoms with E-state index in [-0.39, 0.29) is 5.75 Å². The maximum atomic E-state index is 10.5. The SMILES string of the molecule is Cc1cn(-c2ccc(-c3ccc(N(C)[C@H]4C[C@@H]5CC[C@@H](C5)C4)nn3)c(O)c2)nn1. The van der Waals surface area contributed by atoms with Crippen molar-refractivity contribution in [3.05, 3.63) is 42.2 Å². The Kier molecular flexibility index (Phi) is 4.45. The van der Waals surface area contributed by atoms with Gasteiger partial charge in [-0.15, -0.1) is 15.3 Å². The summed E-state index contributed by atoms with van der Waals surface area (Å²) < 4.78 is 1.64. The Balaban J connectivity index is 1.34. The highest BCUT2D eigenvalue weighted by atomic mass is 16.3. The molecule has 7 nitrogen and oxygen atoms in total. The molecule has 1 aromatic carbocycles. The molecule has 2 aromatic heterocycles. The molecule has 0 radical (unpaired) electrons. The van der Waals surface area contributed by atoms with Gasteiger partial charge in [0.25, 0.3) is 0 Å². The number of hydrogen-bond donors (Lipinski definition) is 1. The summed E-state index contributed by atoms with van der Waals surface area (Å²) in [4.78, 5) is 2.29. The van der Waals surface area contributed by atoms with Crippen molar-refractivity contribution in [2.24, 2.45) is 11.8 Å². The van der Waals surface area contributed by atoms with Crippen molar-refractivity contribution in [3.63, 3.8) is 0 Å². The Hall–Kier alpha value is -2.96. The standard InChI is InChI=1S/C22H26N6O/c1-14-13-28(26-23-14)17-5-6-19(21(29)12-17)20-7-8-22(25-24-20)27(2)18-10-15-3-4-16(9-15)11-18/h5-8,12-13,15-16,18,29H,3-4,9-11H2,1-2H3/t15-,16+,18+. The van der Waals surface area contributed by atoms with Crippen molar-refractivity contribution in [1.29, 1.82) is 0 Å². The van der Waals surface area contributed by atoms with E-state index in [1.807, 2.05) is 37.4 Å². The van der Waals surface area contributed by atoms with Gasteiger partial charge in [0.05, 0.1) is 23.3 Å². The maximum Gasteiger partial charge on any atom is 0.151 e. The van der Waals surface area contributed by atoms with Gasteiger partial charge in [-0.1, -0.05) is 18.1 Å². The normalized spacial score (nSPS) is 23.3. The van der Waals surface area contributed by atoms with E-state index in [9.17, 15) is 5.11 Å². The van der Waals surface area contributed by atoms with Crippen LogP contribution in [0.1, 0.15) is 37.8 Å². The van der Waals surface area contributed by atoms with Crippen LogP contribution in [0.4, 0.5) is 5.82 Å². The number of aromatic nitrogens is 5. The number of benzene rings is 1. The van der Waals surface area contributed by atoms with Crippen LogP contribution in [0.25, 0.3) is 16.9 Å². The van der Waals surface area contributed by atoms with Crippen LogP contribution in [0, 0.1) is 18.8 Å². The minimum absolute atomic E-state index is 0.148. The number of aryl methyl sites for hydroxylation is 1. The maximum absolute atomic E-state index is 10.5. The molecule has 29 heavy (non-hydrogen) atoms. The summed E-state index contributed by atoms with van der Waals surface area (Å²) in [5.74, 6) is 2.82. The fourth-order valence-electron chi connectivity index (χ4n) is 4.99. The number of phenolic OH excluding ortho intramolecular Hbond substituents is 1. The number of anilines is 1. The lowest BCUT2D eigenvalue weighted by molar-refractivity contribution is 0.312. The van der Waals surface area contributed by atoms with Gasteiger partial charge in [0.2, 0.25) is 0 Å².